The van der Waals surface area contributed by atoms with Crippen molar-refractivity contribution >= 4 is 28.8 Å². The molecule has 7 nitrogen and oxygen atoms in total. The number of hydrogen-bond acceptors (Lipinski definition) is 6. The zero-order valence-electron chi connectivity index (χ0n) is 15.8. The molecule has 0 spiro atoms. The predicted molar refractivity (Wildman–Crippen MR) is 104 cm³/mol. The van der Waals surface area contributed by atoms with Crippen LogP contribution in [0, 0.1) is 16.0 Å². The number of ether oxygens (including phenoxy) is 1. The number of non-ortho nitro benzene ring substituents is 1. The van der Waals surface area contributed by atoms with Gasteiger partial charge in [-0.15, -0.1) is 0 Å². The molecule has 1 aliphatic rings. The Balaban J connectivity index is 2.04. The van der Waals surface area contributed by atoms with Crippen LogP contribution in [0.25, 0.3) is 0 Å². The molecule has 0 amide bonds. The quantitative estimate of drug-likeness (QED) is 0.427. The number of carbonyl (C=O) groups excluding carboxylic acids is 2. The van der Waals surface area contributed by atoms with Crippen LogP contribution < -0.4 is 0 Å². The summed E-state index contributed by atoms with van der Waals surface area (Å²) in [6, 6.07) is 13.3. The van der Waals surface area contributed by atoms with Gasteiger partial charge in [0.05, 0.1) is 16.5 Å². The highest BCUT2D eigenvalue weighted by atomic mass is 16.6. The van der Waals surface area contributed by atoms with Crippen LogP contribution >= 0.6 is 0 Å². The smallest absolute Gasteiger partial charge is 0.269 e. The minimum absolute atomic E-state index is 0.0310. The van der Waals surface area contributed by atoms with E-state index in [1.54, 1.807) is 12.1 Å². The van der Waals surface area contributed by atoms with Crippen LogP contribution in [-0.2, 0) is 19.9 Å². The Kier molecular flexibility index (Phi) is 5.09. The maximum Gasteiger partial charge on any atom is 0.269 e. The lowest BCUT2D eigenvalue weighted by atomic mass is 9.81. The Morgan fingerprint density at radius 3 is 2.29 bits per heavy atom. The number of nitrogens with zero attached hydrogens (tertiary/aromatic N) is 2. The number of hydrogen-bond donors (Lipinski definition) is 0. The number of nitro groups is 1. The molecule has 0 saturated carbocycles. The molecule has 7 heteroatoms. The second kappa shape index (κ2) is 7.34. The van der Waals surface area contributed by atoms with Gasteiger partial charge in [0.15, 0.2) is 0 Å². The third kappa shape index (κ3) is 3.69. The van der Waals surface area contributed by atoms with Gasteiger partial charge >= 0.3 is 0 Å². The van der Waals surface area contributed by atoms with Gasteiger partial charge in [-0.05, 0) is 39.0 Å². The average molecular weight is 380 g/mol. The van der Waals surface area contributed by atoms with Crippen LogP contribution in [-0.4, -0.2) is 22.4 Å². The van der Waals surface area contributed by atoms with Crippen molar-refractivity contribution in [3.05, 3.63) is 69.8 Å². The normalized spacial score (nSPS) is 18.1. The molecule has 0 bridgehead atoms. The largest absolute Gasteiger partial charge is 0.466 e. The van der Waals surface area contributed by atoms with E-state index in [0.717, 1.165) is 5.56 Å². The van der Waals surface area contributed by atoms with Crippen LogP contribution in [0.4, 0.5) is 11.4 Å². The molecular weight excluding hydrogens is 360 g/mol. The molecule has 0 saturated heterocycles. The van der Waals surface area contributed by atoms with Crippen molar-refractivity contribution in [1.29, 1.82) is 0 Å². The van der Waals surface area contributed by atoms with E-state index in [2.05, 4.69) is 4.99 Å². The monoisotopic (exact) mass is 380 g/mol. The van der Waals surface area contributed by atoms with Gasteiger partial charge in [0, 0.05) is 29.7 Å². The van der Waals surface area contributed by atoms with Crippen molar-refractivity contribution in [2.24, 2.45) is 10.9 Å². The number of para-hydroxylation sites is 1. The van der Waals surface area contributed by atoms with Gasteiger partial charge in [0.2, 0.25) is 5.90 Å². The number of Topliss-reactive ketones (excluding diaryl/α,β-unsaturated/α-hetero) is 2. The average Bonchev–Trinajstić information content (AvgIpc) is 2.66. The van der Waals surface area contributed by atoms with Crippen LogP contribution in [0.3, 0.4) is 0 Å². The minimum Gasteiger partial charge on any atom is -0.466 e. The third-order valence-corrected chi connectivity index (χ3v) is 4.92. The highest BCUT2D eigenvalue weighted by molar-refractivity contribution is 6.01. The zero-order chi connectivity index (χ0) is 20.5. The lowest BCUT2D eigenvalue weighted by Crippen LogP contribution is -2.37. The second-order valence-electron chi connectivity index (χ2n) is 7.05. The van der Waals surface area contributed by atoms with Gasteiger partial charge in [-0.1, -0.05) is 18.2 Å². The van der Waals surface area contributed by atoms with Gasteiger partial charge in [-0.3, -0.25) is 19.7 Å². The van der Waals surface area contributed by atoms with Gasteiger partial charge in [0.1, 0.15) is 17.2 Å². The molecule has 0 fully saturated rings. The Labute approximate surface area is 162 Å². The van der Waals surface area contributed by atoms with Crippen molar-refractivity contribution in [2.75, 3.05) is 0 Å². The number of aliphatic imine (C=N–C) groups is 1. The first-order valence-electron chi connectivity index (χ1n) is 8.84. The van der Waals surface area contributed by atoms with E-state index in [-0.39, 0.29) is 23.7 Å². The topological polar surface area (TPSA) is 98.9 Å². The van der Waals surface area contributed by atoms with Crippen molar-refractivity contribution in [3.63, 3.8) is 0 Å². The van der Waals surface area contributed by atoms with E-state index in [1.165, 1.54) is 26.0 Å². The Bertz CT molecular complexity index is 967. The fraction of sp³-hybridized carbons (Fsp3) is 0.286. The molecule has 1 aliphatic heterocycles. The number of ketones is 2. The zero-order valence-corrected chi connectivity index (χ0v) is 15.8. The summed E-state index contributed by atoms with van der Waals surface area (Å²) >= 11 is 0. The number of rotatable bonds is 6. The van der Waals surface area contributed by atoms with E-state index in [0.29, 0.717) is 17.1 Å². The fourth-order valence-corrected chi connectivity index (χ4v) is 3.38. The summed E-state index contributed by atoms with van der Waals surface area (Å²) in [7, 11) is 0. The van der Waals surface area contributed by atoms with Crippen molar-refractivity contribution in [3.8, 4) is 0 Å². The van der Waals surface area contributed by atoms with Crippen LogP contribution in [0.1, 0.15) is 38.3 Å². The number of benzene rings is 2. The number of fused-ring (bicyclic) bond motifs is 1. The first-order chi connectivity index (χ1) is 13.2. The predicted octanol–water partition coefficient (Wildman–Crippen LogP) is 4.10. The van der Waals surface area contributed by atoms with Crippen LogP contribution in [0.5, 0.6) is 0 Å². The Morgan fingerprint density at radius 2 is 1.71 bits per heavy atom. The summed E-state index contributed by atoms with van der Waals surface area (Å²) in [5.41, 5.74) is 1.06. The summed E-state index contributed by atoms with van der Waals surface area (Å²) in [6.45, 7) is 4.62. The molecule has 1 unspecified atom stereocenters. The lowest BCUT2D eigenvalue weighted by Gasteiger charge is -2.37. The molecule has 144 valence electrons. The van der Waals surface area contributed by atoms with E-state index >= 15 is 0 Å². The maximum absolute atomic E-state index is 12.0. The SMILES string of the molecule is CC(=O)C(CC1(C)OC(c2ccc([N+](=O)[O-])cc2)=Nc2ccccc21)C(C)=O. The Morgan fingerprint density at radius 1 is 1.11 bits per heavy atom. The highest BCUT2D eigenvalue weighted by Gasteiger charge is 2.40. The molecule has 1 heterocycles. The maximum atomic E-state index is 12.0. The van der Waals surface area contributed by atoms with Gasteiger partial charge in [-0.2, -0.15) is 0 Å². The second-order valence-corrected chi connectivity index (χ2v) is 7.05. The van der Waals surface area contributed by atoms with Gasteiger partial charge in [0.25, 0.3) is 5.69 Å². The molecule has 0 radical (unpaired) electrons. The summed E-state index contributed by atoms with van der Waals surface area (Å²) in [5.74, 6) is -0.917. The molecule has 0 N–H and O–H groups in total. The first kappa shape index (κ1) is 19.4. The summed E-state index contributed by atoms with van der Waals surface area (Å²) in [4.78, 5) is 38.9. The van der Waals surface area contributed by atoms with Gasteiger partial charge in [-0.25, -0.2) is 4.99 Å². The molecule has 0 aromatic heterocycles. The molecule has 3 rings (SSSR count). The fourth-order valence-electron chi connectivity index (χ4n) is 3.38. The van der Waals surface area contributed by atoms with Crippen molar-refractivity contribution < 1.29 is 19.2 Å². The van der Waals surface area contributed by atoms with Crippen LogP contribution in [0.15, 0.2) is 53.5 Å². The number of carbonyl (C=O) groups is 2. The van der Waals surface area contributed by atoms with E-state index < -0.39 is 16.4 Å². The molecule has 1 atom stereocenters. The molecule has 28 heavy (non-hydrogen) atoms. The van der Waals surface area contributed by atoms with Crippen LogP contribution in [0.2, 0.25) is 0 Å². The number of nitro benzene ring substituents is 1. The molecule has 0 aliphatic carbocycles. The van der Waals surface area contributed by atoms with Crippen molar-refractivity contribution in [2.45, 2.75) is 32.8 Å². The summed E-state index contributed by atoms with van der Waals surface area (Å²) < 4.78 is 6.19. The lowest BCUT2D eigenvalue weighted by molar-refractivity contribution is -0.384. The van der Waals surface area contributed by atoms with Gasteiger partial charge < -0.3 is 4.74 Å². The molecule has 2 aromatic rings. The molecular formula is C21H20N2O5. The van der Waals surface area contributed by atoms with E-state index in [1.807, 2.05) is 31.2 Å². The highest BCUT2D eigenvalue weighted by Crippen LogP contribution is 2.42. The molecule has 2 aromatic carbocycles. The first-order valence-corrected chi connectivity index (χ1v) is 8.84. The summed E-state index contributed by atoms with van der Waals surface area (Å²) in [6.07, 6.45) is 0.181. The minimum atomic E-state index is -0.947. The standard InChI is InChI=1S/C21H20N2O5/c1-13(24)17(14(2)25)12-21(3)18-6-4-5-7-19(18)22-20(28-21)15-8-10-16(11-9-15)23(26)27/h4-11,17H,12H2,1-3H3. The van der Waals surface area contributed by atoms with E-state index in [4.69, 9.17) is 4.74 Å². The Hall–Kier alpha value is -3.35. The van der Waals surface area contributed by atoms with E-state index in [9.17, 15) is 19.7 Å². The third-order valence-electron chi connectivity index (χ3n) is 4.92. The van der Waals surface area contributed by atoms with Crippen molar-refractivity contribution in [1.82, 2.24) is 0 Å². The summed E-state index contributed by atoms with van der Waals surface area (Å²) in [5, 5.41) is 10.9.